The first-order chi connectivity index (χ1) is 7.96. The summed E-state index contributed by atoms with van der Waals surface area (Å²) in [6.07, 6.45) is 2.06. The molecule has 0 N–H and O–H groups in total. The molecule has 2 nitrogen and oxygen atoms in total. The van der Waals surface area contributed by atoms with Crippen molar-refractivity contribution < 1.29 is 9.47 Å². The van der Waals surface area contributed by atoms with Crippen LogP contribution in [0.4, 0.5) is 0 Å². The third-order valence-corrected chi connectivity index (χ3v) is 2.84. The number of aryl methyl sites for hydroxylation is 1. The maximum Gasteiger partial charge on any atom is 0.183 e. The highest BCUT2D eigenvalue weighted by atomic mass is 16.7. The Labute approximate surface area is 105 Å². The molecular formula is C15H24O2. The maximum absolute atomic E-state index is 5.22. The van der Waals surface area contributed by atoms with Gasteiger partial charge in [0.1, 0.15) is 0 Å². The Bertz CT molecular complexity index is 318. The minimum atomic E-state index is -0.258. The van der Waals surface area contributed by atoms with E-state index in [1.165, 1.54) is 12.0 Å². The van der Waals surface area contributed by atoms with E-state index < -0.39 is 0 Å². The van der Waals surface area contributed by atoms with Crippen LogP contribution in [0.5, 0.6) is 0 Å². The van der Waals surface area contributed by atoms with E-state index in [0.717, 1.165) is 12.0 Å². The summed E-state index contributed by atoms with van der Waals surface area (Å²) in [6.45, 7) is 6.81. The fraction of sp³-hybridized carbons (Fsp3) is 0.600. The first-order valence-corrected chi connectivity index (χ1v) is 6.11. The summed E-state index contributed by atoms with van der Waals surface area (Å²) in [5.74, 6) is 0. The van der Waals surface area contributed by atoms with E-state index in [1.807, 2.05) is 0 Å². The van der Waals surface area contributed by atoms with E-state index >= 15 is 0 Å². The van der Waals surface area contributed by atoms with Crippen molar-refractivity contribution >= 4 is 0 Å². The monoisotopic (exact) mass is 236 g/mol. The van der Waals surface area contributed by atoms with E-state index in [9.17, 15) is 0 Å². The lowest BCUT2D eigenvalue weighted by Gasteiger charge is -2.18. The molecule has 0 spiro atoms. The number of benzene rings is 1. The van der Waals surface area contributed by atoms with E-state index in [-0.39, 0.29) is 6.29 Å². The lowest BCUT2D eigenvalue weighted by Crippen LogP contribution is -2.07. The second-order valence-corrected chi connectivity index (χ2v) is 5.61. The molecule has 0 radical (unpaired) electrons. The van der Waals surface area contributed by atoms with Crippen molar-refractivity contribution in [3.05, 3.63) is 35.4 Å². The van der Waals surface area contributed by atoms with Gasteiger partial charge in [0.05, 0.1) is 0 Å². The second-order valence-electron chi connectivity index (χ2n) is 5.61. The highest BCUT2D eigenvalue weighted by molar-refractivity contribution is 5.23. The van der Waals surface area contributed by atoms with E-state index in [4.69, 9.17) is 9.47 Å². The van der Waals surface area contributed by atoms with Crippen LogP contribution in [0, 0.1) is 5.41 Å². The van der Waals surface area contributed by atoms with Gasteiger partial charge in [-0.3, -0.25) is 0 Å². The summed E-state index contributed by atoms with van der Waals surface area (Å²) in [6, 6.07) is 8.48. The Kier molecular flexibility index (Phi) is 5.16. The molecule has 0 aliphatic carbocycles. The predicted octanol–water partition coefficient (Wildman–Crippen LogP) is 3.96. The molecule has 0 heterocycles. The fourth-order valence-electron chi connectivity index (χ4n) is 1.73. The molecule has 1 aromatic rings. The molecule has 0 fully saturated rings. The molecule has 0 aromatic heterocycles. The Morgan fingerprint density at radius 1 is 1.00 bits per heavy atom. The van der Waals surface area contributed by atoms with Crippen molar-refractivity contribution in [3.8, 4) is 0 Å². The molecule has 0 amide bonds. The van der Waals surface area contributed by atoms with Gasteiger partial charge in [-0.15, -0.1) is 0 Å². The molecule has 0 saturated heterocycles. The average Bonchev–Trinajstić information content (AvgIpc) is 2.29. The zero-order valence-corrected chi connectivity index (χ0v) is 11.6. The van der Waals surface area contributed by atoms with Gasteiger partial charge in [0.25, 0.3) is 0 Å². The minimum absolute atomic E-state index is 0.258. The Balaban J connectivity index is 2.62. The van der Waals surface area contributed by atoms with Gasteiger partial charge in [0.15, 0.2) is 6.29 Å². The van der Waals surface area contributed by atoms with E-state index in [2.05, 4.69) is 45.0 Å². The molecular weight excluding hydrogens is 212 g/mol. The number of hydrogen-bond donors (Lipinski definition) is 0. The van der Waals surface area contributed by atoms with E-state index in [1.54, 1.807) is 14.2 Å². The molecule has 0 aliphatic rings. The quantitative estimate of drug-likeness (QED) is 0.720. The highest BCUT2D eigenvalue weighted by Gasteiger charge is 2.11. The van der Waals surface area contributed by atoms with Gasteiger partial charge in [-0.05, 0) is 23.8 Å². The molecule has 0 atom stereocenters. The Morgan fingerprint density at radius 3 is 1.94 bits per heavy atom. The van der Waals surface area contributed by atoms with Crippen LogP contribution in [-0.4, -0.2) is 14.2 Å². The van der Waals surface area contributed by atoms with Gasteiger partial charge >= 0.3 is 0 Å². The topological polar surface area (TPSA) is 18.5 Å². The Morgan fingerprint density at radius 2 is 1.53 bits per heavy atom. The molecule has 0 aliphatic heterocycles. The van der Waals surface area contributed by atoms with Crippen LogP contribution in [0.1, 0.15) is 44.6 Å². The van der Waals surface area contributed by atoms with Crippen LogP contribution < -0.4 is 0 Å². The molecule has 1 aromatic carbocycles. The number of ether oxygens (including phenoxy) is 2. The normalized spacial score (nSPS) is 12.1. The van der Waals surface area contributed by atoms with Crippen LogP contribution >= 0.6 is 0 Å². The summed E-state index contributed by atoms with van der Waals surface area (Å²) in [5, 5.41) is 0. The third kappa shape index (κ3) is 4.88. The minimum Gasteiger partial charge on any atom is -0.352 e. The summed E-state index contributed by atoms with van der Waals surface area (Å²) in [5.41, 5.74) is 2.82. The Hall–Kier alpha value is -0.860. The zero-order chi connectivity index (χ0) is 12.9. The largest absolute Gasteiger partial charge is 0.352 e. The number of methoxy groups -OCH3 is 2. The average molecular weight is 236 g/mol. The summed E-state index contributed by atoms with van der Waals surface area (Å²) >= 11 is 0. The lowest BCUT2D eigenvalue weighted by molar-refractivity contribution is -0.106. The molecule has 0 unspecified atom stereocenters. The van der Waals surface area contributed by atoms with Crippen molar-refractivity contribution in [2.24, 2.45) is 5.41 Å². The van der Waals surface area contributed by atoms with Gasteiger partial charge in [-0.1, -0.05) is 45.0 Å². The maximum atomic E-state index is 5.22. The molecule has 2 heteroatoms. The SMILES string of the molecule is COC(OC)c1ccc(CCC(C)(C)C)cc1. The fourth-order valence-corrected chi connectivity index (χ4v) is 1.73. The zero-order valence-electron chi connectivity index (χ0n) is 11.6. The third-order valence-electron chi connectivity index (χ3n) is 2.84. The molecule has 17 heavy (non-hydrogen) atoms. The lowest BCUT2D eigenvalue weighted by atomic mass is 9.88. The van der Waals surface area contributed by atoms with Gasteiger partial charge < -0.3 is 9.47 Å². The van der Waals surface area contributed by atoms with Crippen molar-refractivity contribution in [3.63, 3.8) is 0 Å². The van der Waals surface area contributed by atoms with Crippen LogP contribution in [-0.2, 0) is 15.9 Å². The van der Waals surface area contributed by atoms with Crippen LogP contribution in [0.15, 0.2) is 24.3 Å². The number of hydrogen-bond acceptors (Lipinski definition) is 2. The van der Waals surface area contributed by atoms with Gasteiger partial charge in [0.2, 0.25) is 0 Å². The van der Waals surface area contributed by atoms with Crippen molar-refractivity contribution in [1.82, 2.24) is 0 Å². The standard InChI is InChI=1S/C15H24O2/c1-15(2,3)11-10-12-6-8-13(9-7-12)14(16-4)17-5/h6-9,14H,10-11H2,1-5H3. The van der Waals surface area contributed by atoms with Crippen LogP contribution in [0.25, 0.3) is 0 Å². The van der Waals surface area contributed by atoms with Crippen molar-refractivity contribution in [2.45, 2.75) is 39.9 Å². The summed E-state index contributed by atoms with van der Waals surface area (Å²) < 4.78 is 10.4. The van der Waals surface area contributed by atoms with Crippen molar-refractivity contribution in [2.75, 3.05) is 14.2 Å². The predicted molar refractivity (Wildman–Crippen MR) is 71.0 cm³/mol. The van der Waals surface area contributed by atoms with Gasteiger partial charge in [0, 0.05) is 19.8 Å². The summed E-state index contributed by atoms with van der Waals surface area (Å²) in [4.78, 5) is 0. The number of rotatable bonds is 5. The molecule has 1 rings (SSSR count). The van der Waals surface area contributed by atoms with Crippen LogP contribution in [0.2, 0.25) is 0 Å². The first kappa shape index (κ1) is 14.2. The first-order valence-electron chi connectivity index (χ1n) is 6.11. The molecule has 0 bridgehead atoms. The second kappa shape index (κ2) is 6.18. The molecule has 96 valence electrons. The van der Waals surface area contributed by atoms with Crippen LogP contribution in [0.3, 0.4) is 0 Å². The van der Waals surface area contributed by atoms with E-state index in [0.29, 0.717) is 5.41 Å². The molecule has 0 saturated carbocycles. The van der Waals surface area contributed by atoms with Gasteiger partial charge in [-0.25, -0.2) is 0 Å². The van der Waals surface area contributed by atoms with Gasteiger partial charge in [-0.2, -0.15) is 0 Å². The smallest absolute Gasteiger partial charge is 0.183 e. The van der Waals surface area contributed by atoms with Crippen molar-refractivity contribution in [1.29, 1.82) is 0 Å². The summed E-state index contributed by atoms with van der Waals surface area (Å²) in [7, 11) is 3.31. The highest BCUT2D eigenvalue weighted by Crippen LogP contribution is 2.23.